The second-order valence-corrected chi connectivity index (χ2v) is 9.56. The van der Waals surface area contributed by atoms with Crippen LogP contribution in [0.1, 0.15) is 42.2 Å². The molecule has 5 rings (SSSR count). The molecule has 0 unspecified atom stereocenters. The summed E-state index contributed by atoms with van der Waals surface area (Å²) in [6.45, 7) is 0. The lowest BCUT2D eigenvalue weighted by Crippen LogP contribution is -2.22. The van der Waals surface area contributed by atoms with Crippen LogP contribution in [-0.4, -0.2) is 25.9 Å². The molecular weight excluding hydrogens is 464 g/mol. The van der Waals surface area contributed by atoms with Crippen molar-refractivity contribution >= 4 is 38.9 Å². The molecule has 4 aromatic rings. The fourth-order valence-electron chi connectivity index (χ4n) is 3.95. The van der Waals surface area contributed by atoms with E-state index in [2.05, 4.69) is 10.0 Å². The van der Waals surface area contributed by atoms with Crippen LogP contribution in [0.5, 0.6) is 0 Å². The fraction of sp³-hybridized carbons (Fsp3) is 0. The summed E-state index contributed by atoms with van der Waals surface area (Å²) < 4.78 is 28.0. The Kier molecular flexibility index (Phi) is 5.50. The van der Waals surface area contributed by atoms with Crippen LogP contribution >= 0.6 is 0 Å². The molecule has 4 aromatic carbocycles. The number of carbonyl (C=O) groups is 3. The number of carbonyl (C=O) groups excluding carboxylic acids is 3. The van der Waals surface area contributed by atoms with E-state index in [1.807, 2.05) is 0 Å². The predicted molar refractivity (Wildman–Crippen MR) is 131 cm³/mol. The molecule has 2 N–H and O–H groups in total. The lowest BCUT2D eigenvalue weighted by Gasteiger charge is -2.18. The predicted octanol–water partition coefficient (Wildman–Crippen LogP) is 4.52. The average molecular weight is 483 g/mol. The van der Waals surface area contributed by atoms with Crippen molar-refractivity contribution in [3.8, 4) is 0 Å². The van der Waals surface area contributed by atoms with Gasteiger partial charge in [0, 0.05) is 27.9 Å². The van der Waals surface area contributed by atoms with Gasteiger partial charge in [0.25, 0.3) is 15.9 Å². The van der Waals surface area contributed by atoms with E-state index in [0.717, 1.165) is 0 Å². The van der Waals surface area contributed by atoms with Gasteiger partial charge < -0.3 is 5.32 Å². The van der Waals surface area contributed by atoms with Gasteiger partial charge in [-0.1, -0.05) is 54.6 Å². The second-order valence-electron chi connectivity index (χ2n) is 7.88. The van der Waals surface area contributed by atoms with Gasteiger partial charge in [-0.15, -0.1) is 0 Å². The number of ketones is 2. The molecule has 1 aliphatic carbocycles. The highest BCUT2D eigenvalue weighted by Gasteiger charge is 2.29. The molecule has 0 atom stereocenters. The van der Waals surface area contributed by atoms with Crippen molar-refractivity contribution in [1.82, 2.24) is 0 Å². The molecule has 0 spiro atoms. The van der Waals surface area contributed by atoms with Gasteiger partial charge in [0.05, 0.1) is 16.1 Å². The minimum atomic E-state index is -3.91. The third-order valence-electron chi connectivity index (χ3n) is 5.65. The number of rotatable bonds is 5. The number of para-hydroxylation sites is 1. The summed E-state index contributed by atoms with van der Waals surface area (Å²) in [5.74, 6) is -1.14. The highest BCUT2D eigenvalue weighted by atomic mass is 32.2. The Morgan fingerprint density at radius 2 is 1.20 bits per heavy atom. The third-order valence-corrected chi connectivity index (χ3v) is 7.03. The highest BCUT2D eigenvalue weighted by Crippen LogP contribution is 2.29. The van der Waals surface area contributed by atoms with E-state index in [0.29, 0.717) is 16.8 Å². The van der Waals surface area contributed by atoms with Crippen LogP contribution in [-0.2, 0) is 10.0 Å². The first-order valence-electron chi connectivity index (χ1n) is 10.7. The molecule has 0 saturated carbocycles. The molecule has 7 nitrogen and oxygen atoms in total. The SMILES string of the molecule is O=C(Nc1ccc2c(c1)C(=O)c1ccccc1C2=O)c1ccccc1NS(=O)(=O)c1ccccc1. The maximum Gasteiger partial charge on any atom is 0.261 e. The van der Waals surface area contributed by atoms with Crippen LogP contribution in [0.4, 0.5) is 11.4 Å². The summed E-state index contributed by atoms with van der Waals surface area (Å²) in [4.78, 5) is 38.9. The number of fused-ring (bicyclic) bond motifs is 2. The highest BCUT2D eigenvalue weighted by molar-refractivity contribution is 7.92. The van der Waals surface area contributed by atoms with Crippen LogP contribution in [0.15, 0.2) is 102 Å². The Bertz CT molecular complexity index is 1610. The van der Waals surface area contributed by atoms with Crippen LogP contribution in [0.25, 0.3) is 0 Å². The van der Waals surface area contributed by atoms with E-state index in [4.69, 9.17) is 0 Å². The Morgan fingerprint density at radius 3 is 1.91 bits per heavy atom. The maximum absolute atomic E-state index is 13.1. The minimum absolute atomic E-state index is 0.0633. The van der Waals surface area contributed by atoms with Gasteiger partial charge in [0.2, 0.25) is 0 Å². The van der Waals surface area contributed by atoms with Crippen LogP contribution in [0.2, 0.25) is 0 Å². The van der Waals surface area contributed by atoms with Gasteiger partial charge >= 0.3 is 0 Å². The molecule has 0 aliphatic heterocycles. The first-order chi connectivity index (χ1) is 16.8. The van der Waals surface area contributed by atoms with Gasteiger partial charge in [0.15, 0.2) is 11.6 Å². The van der Waals surface area contributed by atoms with Gasteiger partial charge in [-0.3, -0.25) is 19.1 Å². The van der Waals surface area contributed by atoms with Gasteiger partial charge in [0.1, 0.15) is 0 Å². The summed E-state index contributed by atoms with van der Waals surface area (Å²) in [7, 11) is -3.91. The quantitative estimate of drug-likeness (QED) is 0.383. The zero-order chi connectivity index (χ0) is 24.6. The summed E-state index contributed by atoms with van der Waals surface area (Å²) in [5.41, 5.74) is 1.63. The van der Waals surface area contributed by atoms with E-state index in [9.17, 15) is 22.8 Å². The number of sulfonamides is 1. The van der Waals surface area contributed by atoms with Crippen molar-refractivity contribution in [1.29, 1.82) is 0 Å². The topological polar surface area (TPSA) is 109 Å². The zero-order valence-corrected chi connectivity index (χ0v) is 19.0. The Hall–Kier alpha value is -4.56. The molecule has 0 heterocycles. The summed E-state index contributed by atoms with van der Waals surface area (Å²) >= 11 is 0. The largest absolute Gasteiger partial charge is 0.322 e. The van der Waals surface area contributed by atoms with Crippen molar-refractivity contribution in [3.05, 3.63) is 125 Å². The Balaban J connectivity index is 1.43. The number of amides is 1. The van der Waals surface area contributed by atoms with Crippen LogP contribution < -0.4 is 10.0 Å². The molecule has 8 heteroatoms. The van der Waals surface area contributed by atoms with E-state index in [1.165, 1.54) is 42.5 Å². The monoisotopic (exact) mass is 482 g/mol. The number of hydrogen-bond acceptors (Lipinski definition) is 5. The molecule has 35 heavy (non-hydrogen) atoms. The van der Waals surface area contributed by atoms with Gasteiger partial charge in [-0.2, -0.15) is 0 Å². The average Bonchev–Trinajstić information content (AvgIpc) is 2.88. The zero-order valence-electron chi connectivity index (χ0n) is 18.2. The molecule has 0 fully saturated rings. The third kappa shape index (κ3) is 4.11. The smallest absolute Gasteiger partial charge is 0.261 e. The molecule has 1 amide bonds. The number of anilines is 2. The second kappa shape index (κ2) is 8.66. The molecule has 1 aliphatic rings. The lowest BCUT2D eigenvalue weighted by atomic mass is 9.84. The van der Waals surface area contributed by atoms with Crippen molar-refractivity contribution in [2.45, 2.75) is 4.90 Å². The van der Waals surface area contributed by atoms with Crippen molar-refractivity contribution < 1.29 is 22.8 Å². The van der Waals surface area contributed by atoms with E-state index in [1.54, 1.807) is 54.6 Å². The van der Waals surface area contributed by atoms with Gasteiger partial charge in [-0.25, -0.2) is 8.42 Å². The number of nitrogens with one attached hydrogen (secondary N) is 2. The summed E-state index contributed by atoms with van der Waals surface area (Å²) in [5, 5.41) is 2.70. The van der Waals surface area contributed by atoms with E-state index >= 15 is 0 Å². The lowest BCUT2D eigenvalue weighted by molar-refractivity contribution is 0.0979. The van der Waals surface area contributed by atoms with Crippen molar-refractivity contribution in [2.24, 2.45) is 0 Å². The molecule has 0 radical (unpaired) electrons. The standard InChI is InChI=1S/C27H18N2O5S/c30-25-19-10-4-5-11-20(19)26(31)23-16-17(14-15-21(23)25)28-27(32)22-12-6-7-13-24(22)29-35(33,34)18-8-2-1-3-9-18/h1-16,29H,(H,28,32). The molecule has 0 saturated heterocycles. The van der Waals surface area contributed by atoms with E-state index in [-0.39, 0.29) is 38.8 Å². The molecular formula is C27H18N2O5S. The summed E-state index contributed by atoms with van der Waals surface area (Å²) in [6.07, 6.45) is 0. The van der Waals surface area contributed by atoms with E-state index < -0.39 is 15.9 Å². The molecule has 172 valence electrons. The number of benzene rings is 4. The fourth-order valence-corrected chi connectivity index (χ4v) is 5.05. The molecule has 0 bridgehead atoms. The number of hydrogen-bond donors (Lipinski definition) is 2. The van der Waals surface area contributed by atoms with Crippen LogP contribution in [0, 0.1) is 0 Å². The van der Waals surface area contributed by atoms with Crippen LogP contribution in [0.3, 0.4) is 0 Å². The van der Waals surface area contributed by atoms with Crippen molar-refractivity contribution in [3.63, 3.8) is 0 Å². The summed E-state index contributed by atoms with van der Waals surface area (Å²) in [6, 6.07) is 25.1. The maximum atomic E-state index is 13.1. The first kappa shape index (κ1) is 22.2. The first-order valence-corrected chi connectivity index (χ1v) is 12.1. The Labute approximate surface area is 201 Å². The Morgan fingerprint density at radius 1 is 0.629 bits per heavy atom. The van der Waals surface area contributed by atoms with Gasteiger partial charge in [-0.05, 0) is 42.5 Å². The molecule has 0 aromatic heterocycles. The minimum Gasteiger partial charge on any atom is -0.322 e. The van der Waals surface area contributed by atoms with Crippen molar-refractivity contribution in [2.75, 3.05) is 10.0 Å². The normalized spacial score (nSPS) is 12.5.